The van der Waals surface area contributed by atoms with E-state index in [1.165, 1.54) is 12.1 Å². The van der Waals surface area contributed by atoms with Crippen molar-refractivity contribution < 1.29 is 14.7 Å². The van der Waals surface area contributed by atoms with Gasteiger partial charge in [-0.3, -0.25) is 0 Å². The molecule has 0 radical (unpaired) electrons. The highest BCUT2D eigenvalue weighted by Crippen LogP contribution is 2.29. The Bertz CT molecular complexity index is 524. The minimum atomic E-state index is -0.222. The first kappa shape index (κ1) is 11.4. The van der Waals surface area contributed by atoms with Crippen molar-refractivity contribution >= 4 is 0 Å². The van der Waals surface area contributed by atoms with Gasteiger partial charge in [0.2, 0.25) is 11.7 Å². The zero-order valence-corrected chi connectivity index (χ0v) is 9.29. The van der Waals surface area contributed by atoms with E-state index in [2.05, 4.69) is 10.1 Å². The van der Waals surface area contributed by atoms with Crippen LogP contribution in [-0.4, -0.2) is 26.9 Å². The highest BCUT2D eigenvalue weighted by molar-refractivity contribution is 5.59. The maximum absolute atomic E-state index is 9.37. The van der Waals surface area contributed by atoms with Crippen molar-refractivity contribution in [3.05, 3.63) is 24.1 Å². The molecule has 0 spiro atoms. The largest absolute Gasteiger partial charge is 0.504 e. The van der Waals surface area contributed by atoms with Crippen LogP contribution in [0, 0.1) is 0 Å². The van der Waals surface area contributed by atoms with E-state index in [4.69, 9.17) is 10.3 Å². The van der Waals surface area contributed by atoms with Gasteiger partial charge >= 0.3 is 0 Å². The third kappa shape index (κ3) is 2.21. The second kappa shape index (κ2) is 4.42. The van der Waals surface area contributed by atoms with Gasteiger partial charge in [-0.15, -0.1) is 0 Å². The van der Waals surface area contributed by atoms with Gasteiger partial charge in [-0.25, -0.2) is 0 Å². The number of hydrogen-bond donors (Lipinski definition) is 3. The standard InChI is InChI=1S/C11H13N3O3/c1-6(5-12)11-13-10(14-17-11)7-2-3-8(15)9(16)4-7/h2-4,6,15-16H,5,12H2,1H3. The van der Waals surface area contributed by atoms with Crippen LogP contribution < -0.4 is 5.73 Å². The van der Waals surface area contributed by atoms with Crippen LogP contribution in [0.1, 0.15) is 18.7 Å². The Labute approximate surface area is 97.7 Å². The first-order chi connectivity index (χ1) is 8.11. The third-order valence-corrected chi connectivity index (χ3v) is 2.45. The molecule has 6 heteroatoms. The molecule has 1 atom stereocenters. The maximum Gasteiger partial charge on any atom is 0.231 e. The number of aromatic hydroxyl groups is 2. The van der Waals surface area contributed by atoms with Crippen LogP contribution in [0.3, 0.4) is 0 Å². The van der Waals surface area contributed by atoms with E-state index in [1.807, 2.05) is 6.92 Å². The molecule has 1 aromatic heterocycles. The molecule has 1 heterocycles. The molecule has 1 aromatic carbocycles. The van der Waals surface area contributed by atoms with Gasteiger partial charge in [0.15, 0.2) is 11.5 Å². The lowest BCUT2D eigenvalue weighted by molar-refractivity contribution is 0.361. The highest BCUT2D eigenvalue weighted by atomic mass is 16.5. The molecule has 4 N–H and O–H groups in total. The summed E-state index contributed by atoms with van der Waals surface area (Å²) >= 11 is 0. The van der Waals surface area contributed by atoms with Crippen LogP contribution >= 0.6 is 0 Å². The average molecular weight is 235 g/mol. The van der Waals surface area contributed by atoms with Crippen LogP contribution in [0.15, 0.2) is 22.7 Å². The highest BCUT2D eigenvalue weighted by Gasteiger charge is 2.14. The fraction of sp³-hybridized carbons (Fsp3) is 0.273. The van der Waals surface area contributed by atoms with Crippen molar-refractivity contribution in [2.45, 2.75) is 12.8 Å². The first-order valence-corrected chi connectivity index (χ1v) is 5.18. The SMILES string of the molecule is CC(CN)c1nc(-c2ccc(O)c(O)c2)no1. The second-order valence-corrected chi connectivity index (χ2v) is 3.80. The summed E-state index contributed by atoms with van der Waals surface area (Å²) in [4.78, 5) is 4.17. The monoisotopic (exact) mass is 235 g/mol. The van der Waals surface area contributed by atoms with Crippen molar-refractivity contribution in [1.82, 2.24) is 10.1 Å². The topological polar surface area (TPSA) is 105 Å². The Kier molecular flexibility index (Phi) is 2.97. The number of aromatic nitrogens is 2. The summed E-state index contributed by atoms with van der Waals surface area (Å²) in [7, 11) is 0. The molecule has 6 nitrogen and oxygen atoms in total. The summed E-state index contributed by atoms with van der Waals surface area (Å²) in [6.07, 6.45) is 0. The zero-order chi connectivity index (χ0) is 12.4. The number of rotatable bonds is 3. The van der Waals surface area contributed by atoms with Crippen LogP contribution in [0.4, 0.5) is 0 Å². The molecule has 0 saturated heterocycles. The summed E-state index contributed by atoms with van der Waals surface area (Å²) in [6, 6.07) is 4.33. The Morgan fingerprint density at radius 1 is 1.35 bits per heavy atom. The molecule has 2 rings (SSSR count). The van der Waals surface area contributed by atoms with E-state index >= 15 is 0 Å². The number of phenols is 2. The molecule has 0 amide bonds. The molecule has 0 fully saturated rings. The van der Waals surface area contributed by atoms with Crippen LogP contribution in [0.5, 0.6) is 11.5 Å². The zero-order valence-electron chi connectivity index (χ0n) is 9.29. The van der Waals surface area contributed by atoms with Crippen LogP contribution in [0.2, 0.25) is 0 Å². The van der Waals surface area contributed by atoms with E-state index in [1.54, 1.807) is 6.07 Å². The third-order valence-electron chi connectivity index (χ3n) is 2.45. The minimum Gasteiger partial charge on any atom is -0.504 e. The Morgan fingerprint density at radius 3 is 2.76 bits per heavy atom. The molecular weight excluding hydrogens is 222 g/mol. The van der Waals surface area contributed by atoms with Crippen molar-refractivity contribution in [2.24, 2.45) is 5.73 Å². The fourth-order valence-corrected chi connectivity index (χ4v) is 1.32. The van der Waals surface area contributed by atoms with Crippen LogP contribution in [0.25, 0.3) is 11.4 Å². The van der Waals surface area contributed by atoms with Gasteiger partial charge in [-0.2, -0.15) is 4.98 Å². The lowest BCUT2D eigenvalue weighted by Gasteiger charge is -1.99. The Hall–Kier alpha value is -2.08. The number of benzene rings is 1. The van der Waals surface area contributed by atoms with E-state index < -0.39 is 0 Å². The molecule has 0 aliphatic rings. The van der Waals surface area contributed by atoms with Gasteiger partial charge in [-0.1, -0.05) is 12.1 Å². The van der Waals surface area contributed by atoms with E-state index in [0.29, 0.717) is 23.8 Å². The number of nitrogens with two attached hydrogens (primary N) is 1. The molecule has 2 aromatic rings. The molecular formula is C11H13N3O3. The fourth-order valence-electron chi connectivity index (χ4n) is 1.32. The summed E-state index contributed by atoms with van der Waals surface area (Å²) < 4.78 is 5.06. The van der Waals surface area contributed by atoms with Gasteiger partial charge in [0.05, 0.1) is 0 Å². The van der Waals surface area contributed by atoms with Crippen molar-refractivity contribution in [1.29, 1.82) is 0 Å². The molecule has 0 aliphatic carbocycles. The molecule has 0 aliphatic heterocycles. The smallest absolute Gasteiger partial charge is 0.231 e. The first-order valence-electron chi connectivity index (χ1n) is 5.18. The molecule has 0 saturated carbocycles. The average Bonchev–Trinajstić information content (AvgIpc) is 2.81. The van der Waals surface area contributed by atoms with Crippen molar-refractivity contribution in [2.75, 3.05) is 6.54 Å². The molecule has 17 heavy (non-hydrogen) atoms. The van der Waals surface area contributed by atoms with Gasteiger partial charge < -0.3 is 20.5 Å². The summed E-state index contributed by atoms with van der Waals surface area (Å²) in [6.45, 7) is 2.30. The molecule has 1 unspecified atom stereocenters. The number of nitrogens with zero attached hydrogens (tertiary/aromatic N) is 2. The Balaban J connectivity index is 2.33. The number of phenolic OH excluding ortho intramolecular Hbond substituents is 2. The van der Waals surface area contributed by atoms with Crippen LogP contribution in [-0.2, 0) is 0 Å². The lowest BCUT2D eigenvalue weighted by atomic mass is 10.2. The van der Waals surface area contributed by atoms with E-state index in [-0.39, 0.29) is 17.4 Å². The van der Waals surface area contributed by atoms with Gasteiger partial charge in [0.25, 0.3) is 0 Å². The summed E-state index contributed by atoms with van der Waals surface area (Å²) in [5.41, 5.74) is 6.06. The van der Waals surface area contributed by atoms with Crippen molar-refractivity contribution in [3.63, 3.8) is 0 Å². The normalized spacial score (nSPS) is 12.6. The van der Waals surface area contributed by atoms with Crippen molar-refractivity contribution in [3.8, 4) is 22.9 Å². The summed E-state index contributed by atoms with van der Waals surface area (Å²) in [5, 5.41) is 22.4. The maximum atomic E-state index is 9.37. The molecule has 0 bridgehead atoms. The lowest BCUT2D eigenvalue weighted by Crippen LogP contribution is -2.08. The predicted octanol–water partition coefficient (Wildman–Crippen LogP) is 1.21. The predicted molar refractivity (Wildman–Crippen MR) is 60.5 cm³/mol. The van der Waals surface area contributed by atoms with E-state index in [9.17, 15) is 10.2 Å². The van der Waals surface area contributed by atoms with Gasteiger partial charge in [0.1, 0.15) is 0 Å². The van der Waals surface area contributed by atoms with Gasteiger partial charge in [-0.05, 0) is 18.2 Å². The number of hydrogen-bond acceptors (Lipinski definition) is 6. The summed E-state index contributed by atoms with van der Waals surface area (Å²) in [5.74, 6) is 0.390. The minimum absolute atomic E-state index is 0.0121. The Morgan fingerprint density at radius 2 is 2.12 bits per heavy atom. The van der Waals surface area contributed by atoms with Gasteiger partial charge in [0, 0.05) is 18.0 Å². The second-order valence-electron chi connectivity index (χ2n) is 3.80. The quantitative estimate of drug-likeness (QED) is 0.690. The van der Waals surface area contributed by atoms with E-state index in [0.717, 1.165) is 0 Å². The molecule has 90 valence electrons.